The van der Waals surface area contributed by atoms with Crippen molar-refractivity contribution in [1.29, 1.82) is 0 Å². The van der Waals surface area contributed by atoms with Crippen molar-refractivity contribution in [1.82, 2.24) is 0 Å². The fourth-order valence-corrected chi connectivity index (χ4v) is 3.07. The van der Waals surface area contributed by atoms with E-state index in [4.69, 9.17) is 18.9 Å². The lowest BCUT2D eigenvalue weighted by Crippen LogP contribution is -2.75. The topological polar surface area (TPSA) is 77.4 Å². The van der Waals surface area contributed by atoms with Gasteiger partial charge >= 0.3 is 0 Å². The predicted octanol–water partition coefficient (Wildman–Crippen LogP) is -0.226. The van der Waals surface area contributed by atoms with Gasteiger partial charge in [-0.25, -0.2) is 0 Å². The Morgan fingerprint density at radius 2 is 1.50 bits per heavy atom. The molecule has 4 atom stereocenters. The van der Waals surface area contributed by atoms with Gasteiger partial charge in [0, 0.05) is 0 Å². The van der Waals surface area contributed by atoms with Gasteiger partial charge in [0.1, 0.15) is 36.6 Å². The summed E-state index contributed by atoms with van der Waals surface area (Å²) in [6.45, 7) is -0.431. The molecule has 4 aliphatic rings. The Morgan fingerprint density at radius 1 is 0.900 bits per heavy atom. The molecule has 3 heterocycles. The van der Waals surface area contributed by atoms with Gasteiger partial charge in [-0.05, 0) is 5.56 Å². The van der Waals surface area contributed by atoms with Crippen molar-refractivity contribution < 1.29 is 29.2 Å². The van der Waals surface area contributed by atoms with Gasteiger partial charge in [0.25, 0.3) is 6.48 Å². The van der Waals surface area contributed by atoms with E-state index in [0.29, 0.717) is 6.61 Å². The molecule has 1 aliphatic carbocycles. The van der Waals surface area contributed by atoms with Crippen molar-refractivity contribution in [3.63, 3.8) is 0 Å². The van der Waals surface area contributed by atoms with Crippen molar-refractivity contribution in [2.75, 3.05) is 0 Å². The van der Waals surface area contributed by atoms with Crippen LogP contribution in [0.25, 0.3) is 0 Å². The van der Waals surface area contributed by atoms with E-state index in [1.165, 1.54) is 0 Å². The predicted molar refractivity (Wildman–Crippen MR) is 65.4 cm³/mol. The molecular formula is C14H16O6. The van der Waals surface area contributed by atoms with Crippen LogP contribution >= 0.6 is 0 Å². The van der Waals surface area contributed by atoms with Crippen LogP contribution in [0.3, 0.4) is 0 Å². The van der Waals surface area contributed by atoms with Gasteiger partial charge in [0.15, 0.2) is 0 Å². The summed E-state index contributed by atoms with van der Waals surface area (Å²) in [5, 5.41) is 20.2. The molecule has 6 nitrogen and oxygen atoms in total. The zero-order valence-corrected chi connectivity index (χ0v) is 10.7. The first kappa shape index (κ1) is 12.7. The van der Waals surface area contributed by atoms with Crippen LogP contribution in [-0.2, 0) is 25.6 Å². The van der Waals surface area contributed by atoms with Crippen molar-refractivity contribution in [2.45, 2.75) is 49.7 Å². The molecule has 4 bridgehead atoms. The van der Waals surface area contributed by atoms with Crippen molar-refractivity contribution in [2.24, 2.45) is 0 Å². The zero-order chi connectivity index (χ0) is 13.7. The van der Waals surface area contributed by atoms with E-state index in [1.807, 2.05) is 30.3 Å². The molecule has 3 saturated heterocycles. The highest BCUT2D eigenvalue weighted by atomic mass is 16.9. The monoisotopic (exact) mass is 280 g/mol. The molecule has 3 aliphatic heterocycles. The first-order valence-corrected chi connectivity index (χ1v) is 6.72. The normalized spacial score (nSPS) is 45.8. The van der Waals surface area contributed by atoms with Crippen molar-refractivity contribution >= 4 is 0 Å². The van der Waals surface area contributed by atoms with Crippen LogP contribution in [0, 0.1) is 0 Å². The molecule has 1 saturated carbocycles. The highest BCUT2D eigenvalue weighted by molar-refractivity contribution is 5.14. The van der Waals surface area contributed by atoms with E-state index < -0.39 is 43.1 Å². The molecule has 1 aromatic carbocycles. The van der Waals surface area contributed by atoms with E-state index in [-0.39, 0.29) is 0 Å². The lowest BCUT2D eigenvalue weighted by molar-refractivity contribution is -0.484. The molecule has 4 fully saturated rings. The van der Waals surface area contributed by atoms with Crippen LogP contribution in [0.5, 0.6) is 0 Å². The number of ether oxygens (including phenoxy) is 4. The summed E-state index contributed by atoms with van der Waals surface area (Å²) in [6.07, 6.45) is -4.01. The summed E-state index contributed by atoms with van der Waals surface area (Å²) in [7, 11) is 0. The van der Waals surface area contributed by atoms with Crippen LogP contribution in [0.15, 0.2) is 30.3 Å². The summed E-state index contributed by atoms with van der Waals surface area (Å²) < 4.78 is 22.0. The number of benzene rings is 1. The second-order valence-corrected chi connectivity index (χ2v) is 5.33. The quantitative estimate of drug-likeness (QED) is 0.796. The van der Waals surface area contributed by atoms with Crippen molar-refractivity contribution in [3.05, 3.63) is 35.9 Å². The van der Waals surface area contributed by atoms with Gasteiger partial charge < -0.3 is 29.2 Å². The Bertz CT molecular complexity index is 460. The number of aliphatic hydroxyl groups excluding tert-OH is 2. The second kappa shape index (κ2) is 4.77. The summed E-state index contributed by atoms with van der Waals surface area (Å²) >= 11 is 0. The van der Waals surface area contributed by atoms with Crippen LogP contribution < -0.4 is 0 Å². The first-order chi connectivity index (χ1) is 9.74. The van der Waals surface area contributed by atoms with Crippen LogP contribution in [0.2, 0.25) is 0 Å². The van der Waals surface area contributed by atoms with Gasteiger partial charge in [0.05, 0.1) is 6.61 Å². The van der Waals surface area contributed by atoms with Crippen molar-refractivity contribution in [3.8, 4) is 0 Å². The van der Waals surface area contributed by atoms with Gasteiger partial charge in [-0.1, -0.05) is 30.3 Å². The summed E-state index contributed by atoms with van der Waals surface area (Å²) in [4.78, 5) is 0. The number of aliphatic hydroxyl groups is 2. The highest BCUT2D eigenvalue weighted by Gasteiger charge is 2.61. The molecule has 0 radical (unpaired) electrons. The van der Waals surface area contributed by atoms with Crippen LogP contribution in [0.1, 0.15) is 5.56 Å². The standard InChI is InChI=1S/C14H16O6/c15-8-10-9(16)12-13(11(8)19-14(18-10)20-12)17-6-7-4-2-1-3-5-7/h1-5,8-16H,6H2. The number of rotatable bonds is 3. The minimum Gasteiger partial charge on any atom is -0.387 e. The van der Waals surface area contributed by atoms with Crippen LogP contribution in [-0.4, -0.2) is 53.3 Å². The Hall–Kier alpha value is -1.02. The third-order valence-corrected chi connectivity index (χ3v) is 4.08. The molecule has 0 amide bonds. The third-order valence-electron chi connectivity index (χ3n) is 4.08. The molecule has 0 spiro atoms. The fraction of sp³-hybridized carbons (Fsp3) is 0.571. The smallest absolute Gasteiger partial charge is 0.272 e. The minimum absolute atomic E-state index is 0.376. The summed E-state index contributed by atoms with van der Waals surface area (Å²) in [5.41, 5.74) is 1.02. The Morgan fingerprint density at radius 3 is 2.15 bits per heavy atom. The highest BCUT2D eigenvalue weighted by Crippen LogP contribution is 2.41. The number of hydrogen-bond donors (Lipinski definition) is 2. The molecule has 0 aromatic heterocycles. The Labute approximate surface area is 115 Å². The second-order valence-electron chi connectivity index (χ2n) is 5.33. The fourth-order valence-electron chi connectivity index (χ4n) is 3.07. The van der Waals surface area contributed by atoms with Crippen LogP contribution in [0.4, 0.5) is 0 Å². The average Bonchev–Trinajstić information content (AvgIpc) is 2.48. The van der Waals surface area contributed by atoms with Gasteiger partial charge in [-0.3, -0.25) is 0 Å². The minimum atomic E-state index is -0.901. The van der Waals surface area contributed by atoms with Gasteiger partial charge in [0.2, 0.25) is 0 Å². The maximum absolute atomic E-state index is 10.1. The third kappa shape index (κ3) is 1.88. The Kier molecular flexibility index (Phi) is 3.03. The lowest BCUT2D eigenvalue weighted by atomic mass is 9.82. The van der Waals surface area contributed by atoms with E-state index in [9.17, 15) is 10.2 Å². The maximum Gasteiger partial charge on any atom is 0.272 e. The SMILES string of the molecule is OC1C2OC3OC1C(OCc1ccccc1)C(O3)C2O. The molecule has 2 N–H and O–H groups in total. The molecular weight excluding hydrogens is 264 g/mol. The van der Waals surface area contributed by atoms with E-state index in [1.54, 1.807) is 0 Å². The Balaban J connectivity index is 1.50. The van der Waals surface area contributed by atoms with E-state index in [2.05, 4.69) is 0 Å². The van der Waals surface area contributed by atoms with Gasteiger partial charge in [-0.15, -0.1) is 0 Å². The van der Waals surface area contributed by atoms with Gasteiger partial charge in [-0.2, -0.15) is 0 Å². The maximum atomic E-state index is 10.1. The first-order valence-electron chi connectivity index (χ1n) is 6.72. The molecule has 1 aromatic rings. The molecule has 20 heavy (non-hydrogen) atoms. The summed E-state index contributed by atoms with van der Waals surface area (Å²) in [6, 6.07) is 9.70. The molecule has 6 heteroatoms. The average molecular weight is 280 g/mol. The molecule has 4 unspecified atom stereocenters. The van der Waals surface area contributed by atoms with E-state index in [0.717, 1.165) is 5.56 Å². The zero-order valence-electron chi connectivity index (χ0n) is 10.7. The summed E-state index contributed by atoms with van der Waals surface area (Å²) in [5.74, 6) is 0. The van der Waals surface area contributed by atoms with E-state index >= 15 is 0 Å². The lowest BCUT2D eigenvalue weighted by Gasteiger charge is -2.56. The molecule has 5 rings (SSSR count). The largest absolute Gasteiger partial charge is 0.387 e. The number of hydrogen-bond acceptors (Lipinski definition) is 6. The molecule has 108 valence electrons.